The lowest BCUT2D eigenvalue weighted by molar-refractivity contribution is -0.304. The summed E-state index contributed by atoms with van der Waals surface area (Å²) in [6, 6.07) is 8.93. The number of piperidine rings is 1. The highest BCUT2D eigenvalue weighted by Gasteiger charge is 2.43. The topological polar surface area (TPSA) is 12.5 Å². The summed E-state index contributed by atoms with van der Waals surface area (Å²) in [5, 5.41) is 2.26. The third-order valence-corrected chi connectivity index (χ3v) is 4.93. The first-order chi connectivity index (χ1) is 10.3. The van der Waals surface area contributed by atoms with Crippen LogP contribution in [0, 0.1) is 0 Å². The Bertz CT molecular complexity index is 459. The van der Waals surface area contributed by atoms with Crippen LogP contribution in [-0.2, 0) is 11.3 Å². The van der Waals surface area contributed by atoms with Gasteiger partial charge in [-0.1, -0.05) is 37.6 Å². The molecule has 1 heterocycles. The first-order valence-corrected chi connectivity index (χ1v) is 8.82. The van der Waals surface area contributed by atoms with E-state index in [-0.39, 0.29) is 17.2 Å². The van der Waals surface area contributed by atoms with Crippen molar-refractivity contribution in [2.45, 2.75) is 90.8 Å². The van der Waals surface area contributed by atoms with Gasteiger partial charge in [-0.2, -0.15) is 5.06 Å². The predicted molar refractivity (Wildman–Crippen MR) is 93.8 cm³/mol. The van der Waals surface area contributed by atoms with Gasteiger partial charge in [-0.25, -0.2) is 0 Å². The number of hydroxylamine groups is 2. The van der Waals surface area contributed by atoms with Crippen LogP contribution in [0.3, 0.4) is 0 Å². The lowest BCUT2D eigenvalue weighted by Gasteiger charge is -2.52. The van der Waals surface area contributed by atoms with Crippen LogP contribution < -0.4 is 0 Å². The van der Waals surface area contributed by atoms with Crippen LogP contribution in [-0.4, -0.2) is 16.1 Å². The number of hydrogen-bond donors (Lipinski definition) is 0. The van der Waals surface area contributed by atoms with Gasteiger partial charge in [-0.3, -0.25) is 4.84 Å². The van der Waals surface area contributed by atoms with Gasteiger partial charge in [0.05, 0.1) is 0 Å². The van der Waals surface area contributed by atoms with Gasteiger partial charge in [-0.05, 0) is 71.4 Å². The molecule has 1 aromatic carbocycles. The van der Waals surface area contributed by atoms with Crippen molar-refractivity contribution in [3.8, 4) is 0 Å². The Morgan fingerprint density at radius 1 is 1.05 bits per heavy atom. The third kappa shape index (κ3) is 3.91. The second-order valence-electron chi connectivity index (χ2n) is 8.01. The quantitative estimate of drug-likeness (QED) is 0.694. The summed E-state index contributed by atoms with van der Waals surface area (Å²) in [7, 11) is 0. The Morgan fingerprint density at radius 3 is 2.09 bits per heavy atom. The van der Waals surface area contributed by atoms with Gasteiger partial charge >= 0.3 is 0 Å². The molecule has 0 spiro atoms. The number of hydrogen-bond acceptors (Lipinski definition) is 2. The van der Waals surface area contributed by atoms with Gasteiger partial charge in [0, 0.05) is 11.1 Å². The van der Waals surface area contributed by atoms with Crippen molar-refractivity contribution in [1.29, 1.82) is 0 Å². The van der Waals surface area contributed by atoms with Crippen LogP contribution in [0.2, 0.25) is 0 Å². The lowest BCUT2D eigenvalue weighted by atomic mass is 9.82. The molecule has 0 bridgehead atoms. The van der Waals surface area contributed by atoms with E-state index in [0.717, 1.165) is 6.42 Å². The fourth-order valence-corrected chi connectivity index (χ4v) is 3.72. The Hall–Kier alpha value is -0.860. The van der Waals surface area contributed by atoms with E-state index in [9.17, 15) is 0 Å². The second kappa shape index (κ2) is 6.72. The molecule has 0 saturated carbocycles. The molecule has 2 heteroatoms. The molecule has 0 radical (unpaired) electrons. The van der Waals surface area contributed by atoms with Crippen molar-refractivity contribution in [3.63, 3.8) is 0 Å². The molecule has 1 aromatic rings. The molecule has 0 amide bonds. The maximum Gasteiger partial charge on any atom is 0.102 e. The molecule has 2 rings (SSSR count). The fraction of sp³-hybridized carbons (Fsp3) is 0.700. The smallest absolute Gasteiger partial charge is 0.102 e. The zero-order valence-electron chi connectivity index (χ0n) is 15.3. The Morgan fingerprint density at radius 2 is 1.59 bits per heavy atom. The standard InChI is InChI=1S/C20H33NO/c1-7-9-17-10-12-18(13-11-17)16(2)22-21-19(3,4)14-8-15-20(21,5)6/h10-13,16H,7-9,14-15H2,1-6H3. The van der Waals surface area contributed by atoms with E-state index in [1.807, 2.05) is 0 Å². The molecular formula is C20H33NO. The normalized spacial score (nSPS) is 22.5. The molecule has 1 aliphatic rings. The highest BCUT2D eigenvalue weighted by Crippen LogP contribution is 2.40. The average molecular weight is 303 g/mol. The van der Waals surface area contributed by atoms with Crippen LogP contribution in [0.1, 0.15) is 84.5 Å². The van der Waals surface area contributed by atoms with Crippen LogP contribution in [0.15, 0.2) is 24.3 Å². The Labute approximate surface area is 136 Å². The van der Waals surface area contributed by atoms with Crippen molar-refractivity contribution in [3.05, 3.63) is 35.4 Å². The minimum absolute atomic E-state index is 0.0901. The lowest BCUT2D eigenvalue weighted by Crippen LogP contribution is -2.58. The minimum atomic E-state index is 0.0901. The van der Waals surface area contributed by atoms with E-state index >= 15 is 0 Å². The monoisotopic (exact) mass is 303 g/mol. The van der Waals surface area contributed by atoms with Crippen molar-refractivity contribution < 1.29 is 4.84 Å². The molecule has 0 N–H and O–H groups in total. The SMILES string of the molecule is CCCc1ccc(C(C)ON2C(C)(C)CCCC2(C)C)cc1. The van der Waals surface area contributed by atoms with Gasteiger partial charge < -0.3 is 0 Å². The van der Waals surface area contributed by atoms with E-state index in [1.165, 1.54) is 36.8 Å². The minimum Gasteiger partial charge on any atom is -0.290 e. The van der Waals surface area contributed by atoms with Crippen LogP contribution >= 0.6 is 0 Å². The first-order valence-electron chi connectivity index (χ1n) is 8.82. The van der Waals surface area contributed by atoms with E-state index in [0.29, 0.717) is 0 Å². The number of nitrogens with zero attached hydrogens (tertiary/aromatic N) is 1. The van der Waals surface area contributed by atoms with E-state index in [1.54, 1.807) is 0 Å². The summed E-state index contributed by atoms with van der Waals surface area (Å²) in [6.07, 6.45) is 6.10. The summed E-state index contributed by atoms with van der Waals surface area (Å²) in [5.41, 5.74) is 2.87. The molecule has 22 heavy (non-hydrogen) atoms. The van der Waals surface area contributed by atoms with E-state index < -0.39 is 0 Å². The van der Waals surface area contributed by atoms with E-state index in [2.05, 4.69) is 70.9 Å². The molecule has 0 aromatic heterocycles. The van der Waals surface area contributed by atoms with Crippen molar-refractivity contribution in [2.24, 2.45) is 0 Å². The highest BCUT2D eigenvalue weighted by atomic mass is 16.7. The van der Waals surface area contributed by atoms with Crippen LogP contribution in [0.4, 0.5) is 0 Å². The largest absolute Gasteiger partial charge is 0.290 e. The molecule has 2 nitrogen and oxygen atoms in total. The summed E-state index contributed by atoms with van der Waals surface area (Å²) in [4.78, 5) is 6.44. The number of rotatable bonds is 5. The van der Waals surface area contributed by atoms with Gasteiger partial charge in [0.1, 0.15) is 6.10 Å². The molecular weight excluding hydrogens is 270 g/mol. The maximum atomic E-state index is 6.44. The second-order valence-corrected chi connectivity index (χ2v) is 8.01. The van der Waals surface area contributed by atoms with Crippen molar-refractivity contribution >= 4 is 0 Å². The van der Waals surface area contributed by atoms with Crippen LogP contribution in [0.5, 0.6) is 0 Å². The number of benzene rings is 1. The molecule has 1 unspecified atom stereocenters. The summed E-state index contributed by atoms with van der Waals surface area (Å²) < 4.78 is 0. The van der Waals surface area contributed by atoms with Gasteiger partial charge in [0.2, 0.25) is 0 Å². The van der Waals surface area contributed by atoms with Crippen LogP contribution in [0.25, 0.3) is 0 Å². The summed E-state index contributed by atoms with van der Waals surface area (Å²) in [5.74, 6) is 0. The molecule has 1 atom stereocenters. The van der Waals surface area contributed by atoms with Gasteiger partial charge in [-0.15, -0.1) is 0 Å². The predicted octanol–water partition coefficient (Wildman–Crippen LogP) is 5.67. The molecule has 1 aliphatic heterocycles. The zero-order chi connectivity index (χ0) is 16.4. The summed E-state index contributed by atoms with van der Waals surface area (Å²) >= 11 is 0. The zero-order valence-corrected chi connectivity index (χ0v) is 15.3. The van der Waals surface area contributed by atoms with Crippen molar-refractivity contribution in [2.75, 3.05) is 0 Å². The Balaban J connectivity index is 2.10. The molecule has 124 valence electrons. The summed E-state index contributed by atoms with van der Waals surface area (Å²) in [6.45, 7) is 13.6. The fourth-order valence-electron chi connectivity index (χ4n) is 3.72. The molecule has 1 fully saturated rings. The highest BCUT2D eigenvalue weighted by molar-refractivity contribution is 5.24. The average Bonchev–Trinajstić information content (AvgIpc) is 2.43. The first kappa shape index (κ1) is 17.5. The third-order valence-electron chi connectivity index (χ3n) is 4.93. The Kier molecular flexibility index (Phi) is 5.34. The molecule has 0 aliphatic carbocycles. The van der Waals surface area contributed by atoms with Gasteiger partial charge in [0.25, 0.3) is 0 Å². The maximum absolute atomic E-state index is 6.44. The number of aryl methyl sites for hydroxylation is 1. The van der Waals surface area contributed by atoms with Crippen molar-refractivity contribution in [1.82, 2.24) is 5.06 Å². The van der Waals surface area contributed by atoms with E-state index in [4.69, 9.17) is 4.84 Å². The van der Waals surface area contributed by atoms with Gasteiger partial charge in [0.15, 0.2) is 0 Å². The molecule has 1 saturated heterocycles.